The summed E-state index contributed by atoms with van der Waals surface area (Å²) in [5.41, 5.74) is 0.962. The number of aromatic nitrogens is 2. The molecule has 0 atom stereocenters. The number of nitrogens with one attached hydrogen (secondary N) is 1. The molecule has 78 valence electrons. The van der Waals surface area contributed by atoms with E-state index in [2.05, 4.69) is 26.2 Å². The van der Waals surface area contributed by atoms with Crippen LogP contribution in [-0.2, 0) is 0 Å². The lowest BCUT2D eigenvalue weighted by molar-refractivity contribution is 1.05. The molecule has 5 heteroatoms. The molecule has 1 N–H and O–H groups in total. The molecule has 0 aliphatic carbocycles. The van der Waals surface area contributed by atoms with E-state index in [-0.39, 0.29) is 0 Å². The molecule has 0 unspecified atom stereocenters. The van der Waals surface area contributed by atoms with Gasteiger partial charge in [0, 0.05) is 19.4 Å². The number of halogens is 2. The van der Waals surface area contributed by atoms with E-state index in [0.717, 1.165) is 16.1 Å². The van der Waals surface area contributed by atoms with Crippen LogP contribution in [0.1, 0.15) is 0 Å². The number of anilines is 1. The molecule has 0 fully saturated rings. The van der Waals surface area contributed by atoms with E-state index in [1.807, 2.05) is 36.0 Å². The second kappa shape index (κ2) is 4.24. The van der Waals surface area contributed by atoms with E-state index in [0.29, 0.717) is 5.02 Å². The van der Waals surface area contributed by atoms with Crippen LogP contribution in [0.2, 0.25) is 5.02 Å². The number of benzene rings is 1. The Balaban J connectivity index is 2.59. The SMILES string of the molecule is CNc1nccn1-c1cccc(Cl)c1Br. The molecule has 0 amide bonds. The molecular weight excluding hydrogens is 277 g/mol. The summed E-state index contributed by atoms with van der Waals surface area (Å²) in [6.45, 7) is 0. The third-order valence-electron chi connectivity index (χ3n) is 2.06. The van der Waals surface area contributed by atoms with Gasteiger partial charge in [0.05, 0.1) is 15.2 Å². The van der Waals surface area contributed by atoms with Gasteiger partial charge in [-0.05, 0) is 28.1 Å². The summed E-state index contributed by atoms with van der Waals surface area (Å²) >= 11 is 9.48. The third-order valence-corrected chi connectivity index (χ3v) is 3.43. The first-order chi connectivity index (χ1) is 7.24. The number of hydrogen-bond donors (Lipinski definition) is 1. The molecule has 2 rings (SSSR count). The van der Waals surface area contributed by atoms with Crippen molar-refractivity contribution in [2.24, 2.45) is 0 Å². The largest absolute Gasteiger partial charge is 0.358 e. The van der Waals surface area contributed by atoms with Gasteiger partial charge in [-0.3, -0.25) is 4.57 Å². The van der Waals surface area contributed by atoms with Gasteiger partial charge in [-0.1, -0.05) is 17.7 Å². The summed E-state index contributed by atoms with van der Waals surface area (Å²) < 4.78 is 2.79. The van der Waals surface area contributed by atoms with Gasteiger partial charge in [0.25, 0.3) is 0 Å². The average molecular weight is 287 g/mol. The van der Waals surface area contributed by atoms with E-state index in [1.54, 1.807) is 6.20 Å². The maximum absolute atomic E-state index is 6.03. The Morgan fingerprint density at radius 3 is 3.00 bits per heavy atom. The fourth-order valence-corrected chi connectivity index (χ4v) is 1.99. The molecule has 1 heterocycles. The van der Waals surface area contributed by atoms with Crippen molar-refractivity contribution in [1.29, 1.82) is 0 Å². The Hall–Kier alpha value is -1.000. The van der Waals surface area contributed by atoms with E-state index in [1.165, 1.54) is 0 Å². The van der Waals surface area contributed by atoms with Crippen LogP contribution in [0.4, 0.5) is 5.95 Å². The predicted molar refractivity (Wildman–Crippen MR) is 65.8 cm³/mol. The smallest absolute Gasteiger partial charge is 0.207 e. The molecule has 3 nitrogen and oxygen atoms in total. The van der Waals surface area contributed by atoms with E-state index in [4.69, 9.17) is 11.6 Å². The van der Waals surface area contributed by atoms with E-state index >= 15 is 0 Å². The van der Waals surface area contributed by atoms with Gasteiger partial charge in [0.2, 0.25) is 5.95 Å². The molecule has 0 aliphatic rings. The molecule has 0 aliphatic heterocycles. The molecule has 1 aromatic heterocycles. The van der Waals surface area contributed by atoms with Crippen molar-refractivity contribution in [3.8, 4) is 5.69 Å². The second-order valence-corrected chi connectivity index (χ2v) is 4.14. The van der Waals surface area contributed by atoms with Gasteiger partial charge in [0.15, 0.2) is 0 Å². The van der Waals surface area contributed by atoms with Crippen molar-refractivity contribution in [2.75, 3.05) is 12.4 Å². The Labute approximate surface area is 101 Å². The molecule has 2 aromatic rings. The minimum absolute atomic E-state index is 0.684. The van der Waals surface area contributed by atoms with Crippen LogP contribution in [-0.4, -0.2) is 16.6 Å². The number of imidazole rings is 1. The highest BCUT2D eigenvalue weighted by molar-refractivity contribution is 9.10. The number of hydrogen-bond acceptors (Lipinski definition) is 2. The zero-order valence-electron chi connectivity index (χ0n) is 8.04. The highest BCUT2D eigenvalue weighted by Crippen LogP contribution is 2.30. The summed E-state index contributed by atoms with van der Waals surface area (Å²) in [6, 6.07) is 5.71. The maximum Gasteiger partial charge on any atom is 0.207 e. The van der Waals surface area contributed by atoms with Gasteiger partial charge in [-0.25, -0.2) is 4.98 Å². The molecule has 0 saturated heterocycles. The normalized spacial score (nSPS) is 10.3. The summed E-state index contributed by atoms with van der Waals surface area (Å²) in [5.74, 6) is 0.776. The Bertz CT molecular complexity index is 481. The first kappa shape index (κ1) is 10.5. The van der Waals surface area contributed by atoms with Crippen LogP contribution in [0, 0.1) is 0 Å². The zero-order chi connectivity index (χ0) is 10.8. The topological polar surface area (TPSA) is 29.9 Å². The summed E-state index contributed by atoms with van der Waals surface area (Å²) in [7, 11) is 1.83. The first-order valence-electron chi connectivity index (χ1n) is 4.39. The van der Waals surface area contributed by atoms with Crippen molar-refractivity contribution >= 4 is 33.5 Å². The fourth-order valence-electron chi connectivity index (χ4n) is 1.36. The zero-order valence-corrected chi connectivity index (χ0v) is 10.4. The van der Waals surface area contributed by atoms with Crippen molar-refractivity contribution in [3.05, 3.63) is 40.1 Å². The monoisotopic (exact) mass is 285 g/mol. The molecule has 15 heavy (non-hydrogen) atoms. The standard InChI is InChI=1S/C10H9BrClN3/c1-13-10-14-5-6-15(10)8-4-2-3-7(12)9(8)11/h2-6H,1H3,(H,13,14). The maximum atomic E-state index is 6.03. The molecule has 0 spiro atoms. The molecule has 0 bridgehead atoms. The predicted octanol–water partition coefficient (Wildman–Crippen LogP) is 3.33. The van der Waals surface area contributed by atoms with Gasteiger partial charge in [-0.2, -0.15) is 0 Å². The molecule has 0 saturated carbocycles. The molecule has 0 radical (unpaired) electrons. The minimum atomic E-state index is 0.684. The van der Waals surface area contributed by atoms with Gasteiger partial charge < -0.3 is 5.32 Å². The summed E-state index contributed by atoms with van der Waals surface area (Å²) in [4.78, 5) is 4.17. The van der Waals surface area contributed by atoms with Crippen LogP contribution >= 0.6 is 27.5 Å². The van der Waals surface area contributed by atoms with Crippen LogP contribution in [0.5, 0.6) is 0 Å². The summed E-state index contributed by atoms with van der Waals surface area (Å²) in [5, 5.41) is 3.69. The highest BCUT2D eigenvalue weighted by Gasteiger charge is 2.08. The lowest BCUT2D eigenvalue weighted by Crippen LogP contribution is -2.01. The van der Waals surface area contributed by atoms with Gasteiger partial charge in [0.1, 0.15) is 0 Å². The van der Waals surface area contributed by atoms with Gasteiger partial charge in [-0.15, -0.1) is 0 Å². The van der Waals surface area contributed by atoms with Crippen LogP contribution in [0.3, 0.4) is 0 Å². The molecule has 1 aromatic carbocycles. The summed E-state index contributed by atoms with van der Waals surface area (Å²) in [6.07, 6.45) is 3.61. The van der Waals surface area contributed by atoms with Crippen molar-refractivity contribution in [2.45, 2.75) is 0 Å². The Morgan fingerprint density at radius 2 is 2.27 bits per heavy atom. The number of rotatable bonds is 2. The Kier molecular flexibility index (Phi) is 2.98. The molecular formula is C10H9BrClN3. The average Bonchev–Trinajstić information content (AvgIpc) is 2.70. The highest BCUT2D eigenvalue weighted by atomic mass is 79.9. The van der Waals surface area contributed by atoms with Crippen LogP contribution in [0.25, 0.3) is 5.69 Å². The first-order valence-corrected chi connectivity index (χ1v) is 5.56. The minimum Gasteiger partial charge on any atom is -0.358 e. The lowest BCUT2D eigenvalue weighted by atomic mass is 10.3. The van der Waals surface area contributed by atoms with Crippen molar-refractivity contribution in [1.82, 2.24) is 9.55 Å². The number of nitrogens with zero attached hydrogens (tertiary/aromatic N) is 2. The van der Waals surface area contributed by atoms with Gasteiger partial charge >= 0.3 is 0 Å². The van der Waals surface area contributed by atoms with Crippen LogP contribution < -0.4 is 5.32 Å². The fraction of sp³-hybridized carbons (Fsp3) is 0.100. The van der Waals surface area contributed by atoms with Crippen LogP contribution in [0.15, 0.2) is 35.1 Å². The Morgan fingerprint density at radius 1 is 1.47 bits per heavy atom. The van der Waals surface area contributed by atoms with Crippen molar-refractivity contribution in [3.63, 3.8) is 0 Å². The quantitative estimate of drug-likeness (QED) is 0.918. The van der Waals surface area contributed by atoms with E-state index < -0.39 is 0 Å². The third kappa shape index (κ3) is 1.87. The second-order valence-electron chi connectivity index (χ2n) is 2.94. The van der Waals surface area contributed by atoms with E-state index in [9.17, 15) is 0 Å². The lowest BCUT2D eigenvalue weighted by Gasteiger charge is -2.09. The van der Waals surface area contributed by atoms with Crippen molar-refractivity contribution < 1.29 is 0 Å².